The van der Waals surface area contributed by atoms with E-state index in [4.69, 9.17) is 0 Å². The molecule has 0 nitrogen and oxygen atoms in total. The van der Waals surface area contributed by atoms with E-state index in [1.165, 1.54) is 24.3 Å². The highest BCUT2D eigenvalue weighted by atomic mass is 19.4. The molecular formula is C14H9F5. The van der Waals surface area contributed by atoms with Crippen LogP contribution in [-0.4, -0.2) is 0 Å². The van der Waals surface area contributed by atoms with Gasteiger partial charge in [0, 0.05) is 12.0 Å². The zero-order chi connectivity index (χ0) is 14.0. The van der Waals surface area contributed by atoms with Crippen LogP contribution in [0.2, 0.25) is 0 Å². The highest BCUT2D eigenvalue weighted by Crippen LogP contribution is 2.33. The van der Waals surface area contributed by atoms with Gasteiger partial charge in [-0.05, 0) is 23.8 Å². The van der Waals surface area contributed by atoms with Crippen LogP contribution >= 0.6 is 0 Å². The van der Waals surface area contributed by atoms with E-state index >= 15 is 0 Å². The highest BCUT2D eigenvalue weighted by Gasteiger charge is 2.33. The molecule has 0 saturated carbocycles. The lowest BCUT2D eigenvalue weighted by atomic mass is 9.99. The average Bonchev–Trinajstić information content (AvgIpc) is 2.33. The standard InChI is InChI=1S/C14H9F5/c15-12-6-3-7-13(16)10(12)8-9-4-1-2-5-11(9)14(17,18)19/h1-7H,8H2. The molecule has 19 heavy (non-hydrogen) atoms. The third kappa shape index (κ3) is 2.92. The largest absolute Gasteiger partial charge is 0.416 e. The summed E-state index contributed by atoms with van der Waals surface area (Å²) in [6, 6.07) is 7.98. The molecule has 0 aromatic heterocycles. The maximum absolute atomic E-state index is 13.4. The summed E-state index contributed by atoms with van der Waals surface area (Å²) in [6.07, 6.45) is -4.98. The van der Waals surface area contributed by atoms with Crippen LogP contribution in [0, 0.1) is 11.6 Å². The van der Waals surface area contributed by atoms with Gasteiger partial charge in [0.25, 0.3) is 0 Å². The molecule has 0 aliphatic heterocycles. The number of halogens is 5. The summed E-state index contributed by atoms with van der Waals surface area (Å²) in [7, 11) is 0. The fraction of sp³-hybridized carbons (Fsp3) is 0.143. The molecule has 0 bridgehead atoms. The second-order valence-corrected chi connectivity index (χ2v) is 4.03. The van der Waals surface area contributed by atoms with E-state index in [0.717, 1.165) is 18.2 Å². The fourth-order valence-electron chi connectivity index (χ4n) is 1.84. The second-order valence-electron chi connectivity index (χ2n) is 4.03. The number of benzene rings is 2. The van der Waals surface area contributed by atoms with Crippen molar-refractivity contribution >= 4 is 0 Å². The summed E-state index contributed by atoms with van der Waals surface area (Å²) < 4.78 is 65.2. The van der Waals surface area contributed by atoms with E-state index < -0.39 is 29.8 Å². The van der Waals surface area contributed by atoms with Gasteiger partial charge < -0.3 is 0 Å². The first-order chi connectivity index (χ1) is 8.89. The molecule has 100 valence electrons. The van der Waals surface area contributed by atoms with Gasteiger partial charge in [0.05, 0.1) is 5.56 Å². The first kappa shape index (κ1) is 13.5. The molecule has 0 aliphatic rings. The lowest BCUT2D eigenvalue weighted by Gasteiger charge is -2.13. The molecule has 0 heterocycles. The van der Waals surface area contributed by atoms with E-state index in [1.807, 2.05) is 0 Å². The third-order valence-corrected chi connectivity index (χ3v) is 2.75. The fourth-order valence-corrected chi connectivity index (χ4v) is 1.84. The molecule has 0 atom stereocenters. The van der Waals surface area contributed by atoms with Gasteiger partial charge in [0.15, 0.2) is 0 Å². The van der Waals surface area contributed by atoms with Crippen LogP contribution in [0.4, 0.5) is 22.0 Å². The van der Waals surface area contributed by atoms with Crippen LogP contribution in [0.25, 0.3) is 0 Å². The molecule has 0 fully saturated rings. The molecule has 0 amide bonds. The number of rotatable bonds is 2. The van der Waals surface area contributed by atoms with E-state index in [0.29, 0.717) is 0 Å². The Balaban J connectivity index is 2.45. The summed E-state index contributed by atoms with van der Waals surface area (Å²) in [5.74, 6) is -1.70. The molecule has 2 aromatic carbocycles. The van der Waals surface area contributed by atoms with Gasteiger partial charge in [-0.15, -0.1) is 0 Å². The number of alkyl halides is 3. The van der Waals surface area contributed by atoms with Crippen molar-refractivity contribution in [3.8, 4) is 0 Å². The molecule has 5 heteroatoms. The van der Waals surface area contributed by atoms with Crippen molar-refractivity contribution < 1.29 is 22.0 Å². The Bertz CT molecular complexity index is 566. The Labute approximate surface area is 106 Å². The third-order valence-electron chi connectivity index (χ3n) is 2.75. The first-order valence-corrected chi connectivity index (χ1v) is 5.47. The average molecular weight is 272 g/mol. The van der Waals surface area contributed by atoms with Gasteiger partial charge in [-0.3, -0.25) is 0 Å². The van der Waals surface area contributed by atoms with Crippen molar-refractivity contribution in [1.29, 1.82) is 0 Å². The smallest absolute Gasteiger partial charge is 0.207 e. The lowest BCUT2D eigenvalue weighted by molar-refractivity contribution is -0.138. The molecular weight excluding hydrogens is 263 g/mol. The summed E-state index contributed by atoms with van der Waals surface area (Å²) in [4.78, 5) is 0. The van der Waals surface area contributed by atoms with Crippen molar-refractivity contribution in [2.45, 2.75) is 12.6 Å². The Morgan fingerprint density at radius 1 is 0.789 bits per heavy atom. The maximum atomic E-state index is 13.4. The van der Waals surface area contributed by atoms with Gasteiger partial charge in [0.2, 0.25) is 0 Å². The monoisotopic (exact) mass is 272 g/mol. The van der Waals surface area contributed by atoms with Crippen molar-refractivity contribution in [2.75, 3.05) is 0 Å². The zero-order valence-corrected chi connectivity index (χ0v) is 9.64. The zero-order valence-electron chi connectivity index (χ0n) is 9.64. The van der Waals surface area contributed by atoms with E-state index in [2.05, 4.69) is 0 Å². The van der Waals surface area contributed by atoms with Crippen molar-refractivity contribution in [3.05, 3.63) is 70.8 Å². The van der Waals surface area contributed by atoms with Crippen LogP contribution in [0.5, 0.6) is 0 Å². The minimum absolute atomic E-state index is 0.154. The molecule has 0 saturated heterocycles. The molecule has 2 rings (SSSR count). The van der Waals surface area contributed by atoms with Crippen LogP contribution in [0.1, 0.15) is 16.7 Å². The molecule has 0 spiro atoms. The Morgan fingerprint density at radius 2 is 1.37 bits per heavy atom. The van der Waals surface area contributed by atoms with Gasteiger partial charge in [-0.1, -0.05) is 24.3 Å². The number of hydrogen-bond donors (Lipinski definition) is 0. The molecule has 2 aromatic rings. The minimum Gasteiger partial charge on any atom is -0.207 e. The topological polar surface area (TPSA) is 0 Å². The predicted molar refractivity (Wildman–Crippen MR) is 60.6 cm³/mol. The number of hydrogen-bond acceptors (Lipinski definition) is 0. The van der Waals surface area contributed by atoms with E-state index in [9.17, 15) is 22.0 Å². The summed E-state index contributed by atoms with van der Waals surface area (Å²) in [5.41, 5.74) is -1.39. The van der Waals surface area contributed by atoms with Crippen molar-refractivity contribution in [3.63, 3.8) is 0 Å². The maximum Gasteiger partial charge on any atom is 0.416 e. The van der Waals surface area contributed by atoms with Gasteiger partial charge in [-0.25, -0.2) is 8.78 Å². The van der Waals surface area contributed by atoms with Crippen LogP contribution in [0.15, 0.2) is 42.5 Å². The summed E-state index contributed by atoms with van der Waals surface area (Å²) in [6.45, 7) is 0. The SMILES string of the molecule is Fc1cccc(F)c1Cc1ccccc1C(F)(F)F. The summed E-state index contributed by atoms with van der Waals surface area (Å²) >= 11 is 0. The van der Waals surface area contributed by atoms with Gasteiger partial charge in [-0.2, -0.15) is 13.2 Å². The molecule has 0 radical (unpaired) electrons. The first-order valence-electron chi connectivity index (χ1n) is 5.47. The van der Waals surface area contributed by atoms with E-state index in [1.54, 1.807) is 0 Å². The Morgan fingerprint density at radius 3 is 1.95 bits per heavy atom. The predicted octanol–water partition coefficient (Wildman–Crippen LogP) is 4.57. The van der Waals surface area contributed by atoms with Crippen LogP contribution in [-0.2, 0) is 12.6 Å². The Hall–Kier alpha value is -1.91. The molecule has 0 N–H and O–H groups in total. The van der Waals surface area contributed by atoms with Crippen molar-refractivity contribution in [1.82, 2.24) is 0 Å². The summed E-state index contributed by atoms with van der Waals surface area (Å²) in [5, 5.41) is 0. The van der Waals surface area contributed by atoms with Gasteiger partial charge >= 0.3 is 6.18 Å². The molecule has 0 unspecified atom stereocenters. The van der Waals surface area contributed by atoms with Crippen LogP contribution < -0.4 is 0 Å². The molecule has 0 aliphatic carbocycles. The Kier molecular flexibility index (Phi) is 3.55. The van der Waals surface area contributed by atoms with Crippen LogP contribution in [0.3, 0.4) is 0 Å². The highest BCUT2D eigenvalue weighted by molar-refractivity contribution is 5.35. The van der Waals surface area contributed by atoms with Gasteiger partial charge in [0.1, 0.15) is 11.6 Å². The minimum atomic E-state index is -4.54. The van der Waals surface area contributed by atoms with Crippen molar-refractivity contribution in [2.24, 2.45) is 0 Å². The lowest BCUT2D eigenvalue weighted by Crippen LogP contribution is -2.10. The second kappa shape index (κ2) is 4.99. The quantitative estimate of drug-likeness (QED) is 0.702. The normalized spacial score (nSPS) is 11.6. The van der Waals surface area contributed by atoms with E-state index in [-0.39, 0.29) is 11.1 Å².